The summed E-state index contributed by atoms with van der Waals surface area (Å²) in [5, 5.41) is 0. The predicted molar refractivity (Wildman–Crippen MR) is 60.8 cm³/mol. The molecule has 0 aliphatic carbocycles. The van der Waals surface area contributed by atoms with Crippen LogP contribution >= 0.6 is 0 Å². The van der Waals surface area contributed by atoms with Crippen LogP contribution in [0.15, 0.2) is 6.07 Å². The minimum Gasteiger partial charge on any atom is -0.496 e. The molecule has 0 saturated carbocycles. The van der Waals surface area contributed by atoms with Crippen molar-refractivity contribution < 1.29 is 23.0 Å². The molecule has 0 aromatic carbocycles. The van der Waals surface area contributed by atoms with E-state index in [0.29, 0.717) is 5.69 Å². The summed E-state index contributed by atoms with van der Waals surface area (Å²) in [6.45, 7) is 3.42. The molecule has 0 aliphatic rings. The van der Waals surface area contributed by atoms with Crippen molar-refractivity contribution >= 4 is 5.97 Å². The summed E-state index contributed by atoms with van der Waals surface area (Å²) in [5.74, 6) is -0.409. The van der Waals surface area contributed by atoms with Gasteiger partial charge in [0.25, 0.3) is 6.43 Å². The van der Waals surface area contributed by atoms with E-state index in [1.165, 1.54) is 20.1 Å². The van der Waals surface area contributed by atoms with Gasteiger partial charge in [-0.05, 0) is 13.8 Å². The number of ether oxygens (including phenoxy) is 2. The lowest BCUT2D eigenvalue weighted by molar-refractivity contribution is -0.142. The highest BCUT2D eigenvalue weighted by Gasteiger charge is 2.20. The van der Waals surface area contributed by atoms with Gasteiger partial charge in [0.05, 0.1) is 37.1 Å². The van der Waals surface area contributed by atoms with Crippen molar-refractivity contribution in [2.24, 2.45) is 0 Å². The van der Waals surface area contributed by atoms with E-state index in [4.69, 9.17) is 9.47 Å². The van der Waals surface area contributed by atoms with Gasteiger partial charge < -0.3 is 9.47 Å². The van der Waals surface area contributed by atoms with E-state index in [-0.39, 0.29) is 30.0 Å². The second-order valence-electron chi connectivity index (χ2n) is 3.60. The standard InChI is InChI=1S/C12H15F2NO3/c1-4-18-10(16)6-8-5-9(17-3)11(12(13)14)7(2)15-8/h5,12H,4,6H2,1-3H3. The number of nitrogens with zero attached hydrogens (tertiary/aromatic N) is 1. The number of hydrogen-bond acceptors (Lipinski definition) is 4. The first-order chi connectivity index (χ1) is 8.49. The quantitative estimate of drug-likeness (QED) is 0.762. The van der Waals surface area contributed by atoms with E-state index < -0.39 is 12.4 Å². The van der Waals surface area contributed by atoms with Gasteiger partial charge in [-0.3, -0.25) is 9.78 Å². The first kappa shape index (κ1) is 14.3. The van der Waals surface area contributed by atoms with Gasteiger partial charge in [-0.15, -0.1) is 0 Å². The molecule has 0 N–H and O–H groups in total. The van der Waals surface area contributed by atoms with Gasteiger partial charge in [-0.1, -0.05) is 0 Å². The smallest absolute Gasteiger partial charge is 0.311 e. The maximum Gasteiger partial charge on any atom is 0.311 e. The Balaban J connectivity index is 3.03. The van der Waals surface area contributed by atoms with Crippen LogP contribution in [-0.4, -0.2) is 24.7 Å². The second-order valence-corrected chi connectivity index (χ2v) is 3.60. The molecular weight excluding hydrogens is 244 g/mol. The van der Waals surface area contributed by atoms with Crippen LogP contribution in [0.5, 0.6) is 5.75 Å². The third-order valence-corrected chi connectivity index (χ3v) is 2.33. The number of aryl methyl sites for hydroxylation is 1. The average molecular weight is 259 g/mol. The SMILES string of the molecule is CCOC(=O)Cc1cc(OC)c(C(F)F)c(C)n1. The molecule has 0 fully saturated rings. The molecule has 1 rings (SSSR count). The Morgan fingerprint density at radius 1 is 1.50 bits per heavy atom. The third kappa shape index (κ3) is 3.38. The number of alkyl halides is 2. The number of halogens is 2. The lowest BCUT2D eigenvalue weighted by Gasteiger charge is -2.12. The number of aromatic nitrogens is 1. The van der Waals surface area contributed by atoms with Gasteiger partial charge >= 0.3 is 5.97 Å². The summed E-state index contributed by atoms with van der Waals surface area (Å²) in [6.07, 6.45) is -2.72. The van der Waals surface area contributed by atoms with Crippen LogP contribution in [0.3, 0.4) is 0 Å². The Morgan fingerprint density at radius 3 is 2.67 bits per heavy atom. The monoisotopic (exact) mass is 259 g/mol. The molecule has 0 amide bonds. The fraction of sp³-hybridized carbons (Fsp3) is 0.500. The van der Waals surface area contributed by atoms with Crippen molar-refractivity contribution in [1.29, 1.82) is 0 Å². The minimum atomic E-state index is -2.66. The molecule has 0 saturated heterocycles. The molecule has 0 bridgehead atoms. The van der Waals surface area contributed by atoms with Crippen LogP contribution in [0.25, 0.3) is 0 Å². The van der Waals surface area contributed by atoms with Gasteiger partial charge in [0.1, 0.15) is 5.75 Å². The van der Waals surface area contributed by atoms with Crippen molar-refractivity contribution in [3.05, 3.63) is 23.0 Å². The largest absolute Gasteiger partial charge is 0.496 e. The maximum atomic E-state index is 12.8. The lowest BCUT2D eigenvalue weighted by atomic mass is 10.1. The summed E-state index contributed by atoms with van der Waals surface area (Å²) in [5.41, 5.74) is 0.265. The van der Waals surface area contributed by atoms with Crippen LogP contribution < -0.4 is 4.74 Å². The first-order valence-corrected chi connectivity index (χ1v) is 5.47. The Bertz CT molecular complexity index is 436. The van der Waals surface area contributed by atoms with Gasteiger partial charge in [0, 0.05) is 6.07 Å². The molecular formula is C12H15F2NO3. The van der Waals surface area contributed by atoms with E-state index in [0.717, 1.165) is 0 Å². The topological polar surface area (TPSA) is 48.4 Å². The number of pyridine rings is 1. The highest BCUT2D eigenvalue weighted by atomic mass is 19.3. The maximum absolute atomic E-state index is 12.8. The van der Waals surface area contributed by atoms with E-state index in [2.05, 4.69) is 4.98 Å². The third-order valence-electron chi connectivity index (χ3n) is 2.33. The van der Waals surface area contributed by atoms with Crippen molar-refractivity contribution in [2.75, 3.05) is 13.7 Å². The van der Waals surface area contributed by atoms with Crippen LogP contribution in [0.1, 0.15) is 30.3 Å². The number of esters is 1. The zero-order chi connectivity index (χ0) is 13.7. The number of carbonyl (C=O) groups is 1. The van der Waals surface area contributed by atoms with Crippen molar-refractivity contribution in [2.45, 2.75) is 26.7 Å². The molecule has 1 aromatic heterocycles. The second kappa shape index (κ2) is 6.28. The predicted octanol–water partition coefficient (Wildman–Crippen LogP) is 2.44. The van der Waals surface area contributed by atoms with Crippen molar-refractivity contribution in [3.63, 3.8) is 0 Å². The van der Waals surface area contributed by atoms with Crippen LogP contribution in [-0.2, 0) is 16.0 Å². The van der Waals surface area contributed by atoms with Crippen LogP contribution in [0.2, 0.25) is 0 Å². The molecule has 0 unspecified atom stereocenters. The first-order valence-electron chi connectivity index (χ1n) is 5.47. The van der Waals surface area contributed by atoms with Crippen LogP contribution in [0.4, 0.5) is 8.78 Å². The number of hydrogen-bond donors (Lipinski definition) is 0. The van der Waals surface area contributed by atoms with Crippen molar-refractivity contribution in [1.82, 2.24) is 4.98 Å². The minimum absolute atomic E-state index is 0.0387. The Kier molecular flexibility index (Phi) is 5.00. The molecule has 1 heterocycles. The molecule has 0 atom stereocenters. The summed E-state index contributed by atoms with van der Waals surface area (Å²) in [4.78, 5) is 15.3. The number of rotatable bonds is 5. The molecule has 0 radical (unpaired) electrons. The Morgan fingerprint density at radius 2 is 2.17 bits per heavy atom. The molecule has 18 heavy (non-hydrogen) atoms. The van der Waals surface area contributed by atoms with E-state index in [1.807, 2.05) is 0 Å². The zero-order valence-electron chi connectivity index (χ0n) is 10.5. The number of methoxy groups -OCH3 is 1. The van der Waals surface area contributed by atoms with E-state index in [1.54, 1.807) is 6.92 Å². The van der Waals surface area contributed by atoms with E-state index in [9.17, 15) is 13.6 Å². The summed E-state index contributed by atoms with van der Waals surface area (Å²) < 4.78 is 35.2. The summed E-state index contributed by atoms with van der Waals surface area (Å²) in [6, 6.07) is 1.34. The average Bonchev–Trinajstić information content (AvgIpc) is 2.27. The van der Waals surface area contributed by atoms with E-state index >= 15 is 0 Å². The molecule has 0 aliphatic heterocycles. The molecule has 1 aromatic rings. The molecule has 6 heteroatoms. The highest BCUT2D eigenvalue weighted by Crippen LogP contribution is 2.31. The normalized spacial score (nSPS) is 10.6. The fourth-order valence-electron chi connectivity index (χ4n) is 1.60. The Labute approximate surface area is 104 Å². The van der Waals surface area contributed by atoms with Gasteiger partial charge in [0.15, 0.2) is 0 Å². The zero-order valence-corrected chi connectivity index (χ0v) is 10.5. The molecule has 4 nitrogen and oxygen atoms in total. The van der Waals surface area contributed by atoms with Crippen LogP contribution in [0, 0.1) is 6.92 Å². The van der Waals surface area contributed by atoms with Gasteiger partial charge in [0.2, 0.25) is 0 Å². The lowest BCUT2D eigenvalue weighted by Crippen LogP contribution is -2.10. The van der Waals surface area contributed by atoms with Gasteiger partial charge in [-0.25, -0.2) is 8.78 Å². The summed E-state index contributed by atoms with van der Waals surface area (Å²) in [7, 11) is 1.30. The molecule has 0 spiro atoms. The van der Waals surface area contributed by atoms with Crippen molar-refractivity contribution in [3.8, 4) is 5.75 Å². The number of carbonyl (C=O) groups excluding carboxylic acids is 1. The highest BCUT2D eigenvalue weighted by molar-refractivity contribution is 5.72. The molecule has 100 valence electrons. The summed E-state index contributed by atoms with van der Waals surface area (Å²) >= 11 is 0. The fourth-order valence-corrected chi connectivity index (χ4v) is 1.60. The Hall–Kier alpha value is -1.72. The van der Waals surface area contributed by atoms with Gasteiger partial charge in [-0.2, -0.15) is 0 Å².